The lowest BCUT2D eigenvalue weighted by atomic mass is 10.1. The number of furan rings is 1. The Morgan fingerprint density at radius 3 is 2.53 bits per heavy atom. The number of nitrogens with zero attached hydrogens (tertiary/aromatic N) is 2. The summed E-state index contributed by atoms with van der Waals surface area (Å²) in [7, 11) is -4.21. The molecule has 4 aromatic rings. The Labute approximate surface area is 222 Å². The zero-order valence-corrected chi connectivity index (χ0v) is 22.3. The van der Waals surface area contributed by atoms with Crippen molar-refractivity contribution in [1.82, 2.24) is 14.9 Å². The van der Waals surface area contributed by atoms with E-state index in [4.69, 9.17) is 4.42 Å². The second-order valence-corrected chi connectivity index (χ2v) is 10.6. The van der Waals surface area contributed by atoms with Gasteiger partial charge < -0.3 is 14.3 Å². The largest absolute Gasteiger partial charge is 0.516 e. The van der Waals surface area contributed by atoms with E-state index in [0.29, 0.717) is 33.3 Å². The Morgan fingerprint density at radius 1 is 1.16 bits per heavy atom. The molecule has 0 radical (unpaired) electrons. The van der Waals surface area contributed by atoms with Crippen LogP contribution in [0.3, 0.4) is 0 Å². The molecular formula is C24H20BrF3N4O5S. The summed E-state index contributed by atoms with van der Waals surface area (Å²) in [4.78, 5) is 28.4. The number of benzene rings is 2. The van der Waals surface area contributed by atoms with Crippen LogP contribution in [0.2, 0.25) is 0 Å². The van der Waals surface area contributed by atoms with Crippen LogP contribution in [0.25, 0.3) is 22.3 Å². The Hall–Kier alpha value is -3.65. The Bertz CT molecular complexity index is 1710. The number of nitrogens with one attached hydrogen (secondary N) is 2. The summed E-state index contributed by atoms with van der Waals surface area (Å²) in [5.41, 5.74) is -5.03. The SMILES string of the molecule is CCc1nc(=O)cc(C(=O)NC)n1Cc1ccc2oc(-c3ccccc3NS(=O)(=O)C(F)(F)F)c(Br)c2c1. The summed E-state index contributed by atoms with van der Waals surface area (Å²) in [6, 6.07) is 11.8. The average molecular weight is 613 g/mol. The van der Waals surface area contributed by atoms with Gasteiger partial charge in [0.25, 0.3) is 11.5 Å². The van der Waals surface area contributed by atoms with E-state index in [0.717, 1.165) is 6.07 Å². The fourth-order valence-electron chi connectivity index (χ4n) is 3.86. The topological polar surface area (TPSA) is 123 Å². The predicted molar refractivity (Wildman–Crippen MR) is 138 cm³/mol. The Morgan fingerprint density at radius 2 is 1.87 bits per heavy atom. The first-order chi connectivity index (χ1) is 17.9. The number of aryl methyl sites for hydroxylation is 1. The molecular weight excluding hydrogens is 593 g/mol. The van der Waals surface area contributed by atoms with Gasteiger partial charge in [-0.3, -0.25) is 14.3 Å². The van der Waals surface area contributed by atoms with E-state index >= 15 is 0 Å². The highest BCUT2D eigenvalue weighted by Gasteiger charge is 2.46. The standard InChI is InChI=1S/C24H20BrF3N4O5S/c1-3-19-30-20(33)11-17(23(34)29-2)32(19)12-13-8-9-18-15(10-13)21(25)22(37-18)14-6-4-5-7-16(14)31-38(35,36)24(26,27)28/h4-11,31H,3,12H2,1-2H3,(H,29,34). The number of rotatable bonds is 7. The minimum Gasteiger partial charge on any atom is -0.455 e. The minimum absolute atomic E-state index is 0.0877. The maximum Gasteiger partial charge on any atom is 0.516 e. The van der Waals surface area contributed by atoms with Gasteiger partial charge in [-0.15, -0.1) is 0 Å². The number of hydrogen-bond acceptors (Lipinski definition) is 6. The molecule has 38 heavy (non-hydrogen) atoms. The van der Waals surface area contributed by atoms with Gasteiger partial charge in [-0.05, 0) is 45.8 Å². The molecule has 0 atom stereocenters. The van der Waals surface area contributed by atoms with Crippen molar-refractivity contribution in [2.75, 3.05) is 11.8 Å². The summed E-state index contributed by atoms with van der Waals surface area (Å²) in [6.07, 6.45) is 0.395. The van der Waals surface area contributed by atoms with Gasteiger partial charge in [0.2, 0.25) is 0 Å². The summed E-state index contributed by atoms with van der Waals surface area (Å²) in [5, 5.41) is 3.06. The number of fused-ring (bicyclic) bond motifs is 1. The number of halogens is 4. The lowest BCUT2D eigenvalue weighted by Gasteiger charge is -2.16. The molecule has 2 aromatic carbocycles. The molecule has 0 aliphatic heterocycles. The highest BCUT2D eigenvalue weighted by atomic mass is 79.9. The fourth-order valence-corrected chi connectivity index (χ4v) is 5.05. The molecule has 0 fully saturated rings. The highest BCUT2D eigenvalue weighted by Crippen LogP contribution is 2.41. The number of carbonyl (C=O) groups excluding carboxylic acids is 1. The molecule has 0 aliphatic rings. The van der Waals surface area contributed by atoms with E-state index in [1.165, 1.54) is 31.3 Å². The van der Waals surface area contributed by atoms with Crippen molar-refractivity contribution in [2.45, 2.75) is 25.4 Å². The molecule has 2 N–H and O–H groups in total. The van der Waals surface area contributed by atoms with E-state index in [1.54, 1.807) is 34.4 Å². The van der Waals surface area contributed by atoms with Gasteiger partial charge in [0.1, 0.15) is 17.1 Å². The molecule has 2 heterocycles. The zero-order chi connectivity index (χ0) is 27.8. The Balaban J connectivity index is 1.79. The number of aromatic nitrogens is 2. The number of para-hydroxylation sites is 1. The molecule has 4 rings (SSSR count). The maximum atomic E-state index is 13.0. The van der Waals surface area contributed by atoms with E-state index in [1.807, 2.05) is 0 Å². The number of amides is 1. The summed E-state index contributed by atoms with van der Waals surface area (Å²) >= 11 is 3.43. The highest BCUT2D eigenvalue weighted by molar-refractivity contribution is 9.10. The molecule has 0 aliphatic carbocycles. The first-order valence-corrected chi connectivity index (χ1v) is 13.4. The lowest BCUT2D eigenvalue weighted by Crippen LogP contribution is -2.30. The van der Waals surface area contributed by atoms with Crippen molar-refractivity contribution in [3.8, 4) is 11.3 Å². The van der Waals surface area contributed by atoms with Gasteiger partial charge in [0, 0.05) is 37.0 Å². The molecule has 14 heteroatoms. The molecule has 0 bridgehead atoms. The lowest BCUT2D eigenvalue weighted by molar-refractivity contribution is -0.0429. The number of hydrogen-bond donors (Lipinski definition) is 2. The van der Waals surface area contributed by atoms with Crippen molar-refractivity contribution < 1.29 is 30.8 Å². The van der Waals surface area contributed by atoms with E-state index in [9.17, 15) is 31.2 Å². The first kappa shape index (κ1) is 27.4. The van der Waals surface area contributed by atoms with Gasteiger partial charge in [0.05, 0.1) is 10.2 Å². The van der Waals surface area contributed by atoms with Crippen LogP contribution in [-0.4, -0.2) is 36.4 Å². The normalized spacial score (nSPS) is 12.1. The minimum atomic E-state index is -5.66. The van der Waals surface area contributed by atoms with Crippen LogP contribution < -0.4 is 15.6 Å². The fraction of sp³-hybridized carbons (Fsp3) is 0.208. The number of alkyl halides is 3. The molecule has 0 saturated heterocycles. The number of anilines is 1. The first-order valence-electron chi connectivity index (χ1n) is 11.1. The van der Waals surface area contributed by atoms with Crippen LogP contribution in [0.15, 0.2) is 62.2 Å². The quantitative estimate of drug-likeness (QED) is 0.313. The van der Waals surface area contributed by atoms with Crippen molar-refractivity contribution in [3.63, 3.8) is 0 Å². The third kappa shape index (κ3) is 5.18. The van der Waals surface area contributed by atoms with E-state index < -0.39 is 27.0 Å². The van der Waals surface area contributed by atoms with Gasteiger partial charge in [0.15, 0.2) is 5.76 Å². The molecule has 0 saturated carbocycles. The third-order valence-electron chi connectivity index (χ3n) is 5.63. The van der Waals surface area contributed by atoms with Gasteiger partial charge in [-0.25, -0.2) is 0 Å². The number of sulfonamides is 1. The molecule has 1 amide bonds. The average Bonchev–Trinajstić information content (AvgIpc) is 3.19. The second kappa shape index (κ2) is 10.3. The zero-order valence-electron chi connectivity index (χ0n) is 19.9. The van der Waals surface area contributed by atoms with Crippen molar-refractivity contribution >= 4 is 48.5 Å². The van der Waals surface area contributed by atoms with Crippen LogP contribution in [0.5, 0.6) is 0 Å². The molecule has 2 aromatic heterocycles. The Kier molecular flexibility index (Phi) is 7.39. The van der Waals surface area contributed by atoms with Gasteiger partial charge in [-0.1, -0.05) is 25.1 Å². The second-order valence-electron chi connectivity index (χ2n) is 8.09. The molecule has 9 nitrogen and oxygen atoms in total. The van der Waals surface area contributed by atoms with E-state index in [-0.39, 0.29) is 29.2 Å². The smallest absolute Gasteiger partial charge is 0.455 e. The monoisotopic (exact) mass is 612 g/mol. The molecule has 0 unspecified atom stereocenters. The van der Waals surface area contributed by atoms with Crippen LogP contribution in [0.4, 0.5) is 18.9 Å². The van der Waals surface area contributed by atoms with Gasteiger partial charge in [-0.2, -0.15) is 26.6 Å². The maximum absolute atomic E-state index is 13.0. The van der Waals surface area contributed by atoms with E-state index in [2.05, 4.69) is 26.2 Å². The predicted octanol–water partition coefficient (Wildman–Crippen LogP) is 4.65. The molecule has 0 spiro atoms. The van der Waals surface area contributed by atoms with Crippen molar-refractivity contribution in [2.24, 2.45) is 0 Å². The summed E-state index contributed by atoms with van der Waals surface area (Å²) in [5.74, 6) is 0.0712. The molecule has 200 valence electrons. The van der Waals surface area contributed by atoms with Crippen LogP contribution in [0.1, 0.15) is 28.8 Å². The van der Waals surface area contributed by atoms with Crippen LogP contribution >= 0.6 is 15.9 Å². The summed E-state index contributed by atoms with van der Waals surface area (Å²) < 4.78 is 71.8. The van der Waals surface area contributed by atoms with Crippen molar-refractivity contribution in [1.29, 1.82) is 0 Å². The summed E-state index contributed by atoms with van der Waals surface area (Å²) in [6.45, 7) is 1.99. The third-order valence-corrected chi connectivity index (χ3v) is 7.52. The van der Waals surface area contributed by atoms with Crippen LogP contribution in [0, 0.1) is 0 Å². The van der Waals surface area contributed by atoms with Gasteiger partial charge >= 0.3 is 15.5 Å². The van der Waals surface area contributed by atoms with Crippen molar-refractivity contribution in [3.05, 3.63) is 80.4 Å². The van der Waals surface area contributed by atoms with Crippen LogP contribution in [-0.2, 0) is 23.0 Å². The number of carbonyl (C=O) groups is 1.